The van der Waals surface area contributed by atoms with Crippen LogP contribution in [0.5, 0.6) is 0 Å². The highest BCUT2D eigenvalue weighted by Gasteiger charge is 2.18. The summed E-state index contributed by atoms with van der Waals surface area (Å²) in [5, 5.41) is 0. The average molecular weight is 496 g/mol. The molecule has 0 spiro atoms. The van der Waals surface area contributed by atoms with Crippen LogP contribution in [0.25, 0.3) is 44.7 Å². The van der Waals surface area contributed by atoms with Crippen LogP contribution in [0.3, 0.4) is 0 Å². The summed E-state index contributed by atoms with van der Waals surface area (Å²) in [6.45, 7) is 10.6. The van der Waals surface area contributed by atoms with Crippen molar-refractivity contribution in [1.29, 1.82) is 0 Å². The van der Waals surface area contributed by atoms with E-state index in [0.717, 1.165) is 0 Å². The van der Waals surface area contributed by atoms with Crippen molar-refractivity contribution in [2.45, 2.75) is 34.6 Å². The number of nitrogens with zero attached hydrogens (tertiary/aromatic N) is 2. The van der Waals surface area contributed by atoms with Gasteiger partial charge in [-0.1, -0.05) is 98.3 Å². The smallest absolute Gasteiger partial charge is 0.201 e. The van der Waals surface area contributed by atoms with Crippen molar-refractivity contribution >= 4 is 5.52 Å². The first-order valence-corrected chi connectivity index (χ1v) is 13.4. The largest absolute Gasteiger partial charge is 0.254 e. The monoisotopic (exact) mass is 495 g/mol. The highest BCUT2D eigenvalue weighted by atomic mass is 15.1. The lowest BCUT2D eigenvalue weighted by Crippen LogP contribution is -2.29. The van der Waals surface area contributed by atoms with Crippen LogP contribution < -0.4 is 4.57 Å². The highest BCUT2D eigenvalue weighted by Crippen LogP contribution is 2.33. The van der Waals surface area contributed by atoms with Gasteiger partial charge in [0, 0.05) is 5.56 Å². The number of hydrogen-bond acceptors (Lipinski definition) is 0. The van der Waals surface area contributed by atoms with Crippen molar-refractivity contribution in [2.75, 3.05) is 0 Å². The number of hydrogen-bond donors (Lipinski definition) is 0. The molecule has 0 atom stereocenters. The van der Waals surface area contributed by atoms with Gasteiger partial charge in [0.05, 0.1) is 0 Å². The molecule has 2 aromatic heterocycles. The molecular weight excluding hydrogens is 460 g/mol. The summed E-state index contributed by atoms with van der Waals surface area (Å²) >= 11 is 0. The molecule has 6 aromatic rings. The number of aryl methyl sites for hydroxylation is 3. The molecule has 0 aliphatic carbocycles. The fourth-order valence-electron chi connectivity index (χ4n) is 5.38. The summed E-state index contributed by atoms with van der Waals surface area (Å²) in [4.78, 5) is 0. The van der Waals surface area contributed by atoms with Crippen LogP contribution in [0.4, 0.5) is 0 Å². The molecule has 6 rings (SSSR count). The van der Waals surface area contributed by atoms with Crippen molar-refractivity contribution in [1.82, 2.24) is 4.40 Å². The Morgan fingerprint density at radius 1 is 0.526 bits per heavy atom. The molecule has 0 radical (unpaired) electrons. The van der Waals surface area contributed by atoms with Gasteiger partial charge in [0.2, 0.25) is 0 Å². The van der Waals surface area contributed by atoms with E-state index in [9.17, 15) is 0 Å². The first-order valence-electron chi connectivity index (χ1n) is 13.4. The van der Waals surface area contributed by atoms with Gasteiger partial charge in [-0.3, -0.25) is 0 Å². The molecule has 4 aromatic carbocycles. The molecule has 0 aliphatic heterocycles. The van der Waals surface area contributed by atoms with E-state index >= 15 is 0 Å². The van der Waals surface area contributed by atoms with E-state index in [-0.39, 0.29) is 0 Å². The van der Waals surface area contributed by atoms with Gasteiger partial charge >= 0.3 is 0 Å². The fraction of sp³-hybridized carbons (Fsp3) is 0.139. The molecule has 0 unspecified atom stereocenters. The van der Waals surface area contributed by atoms with Crippen molar-refractivity contribution in [3.8, 4) is 39.2 Å². The molecule has 2 heterocycles. The van der Waals surface area contributed by atoms with E-state index in [1.54, 1.807) is 0 Å². The second-order valence-corrected chi connectivity index (χ2v) is 9.64. The molecular formula is C36H35N2+. The summed E-state index contributed by atoms with van der Waals surface area (Å²) in [6.07, 6.45) is 4.44. The number of pyridine rings is 1. The minimum absolute atomic E-state index is 1.17. The normalized spacial score (nSPS) is 10.8. The quantitative estimate of drug-likeness (QED) is 0.215. The van der Waals surface area contributed by atoms with Crippen LogP contribution in [0.15, 0.2) is 122 Å². The van der Waals surface area contributed by atoms with Crippen LogP contribution in [0.2, 0.25) is 0 Å². The number of imidazole rings is 1. The van der Waals surface area contributed by atoms with Crippen molar-refractivity contribution < 1.29 is 4.57 Å². The van der Waals surface area contributed by atoms with Crippen LogP contribution in [-0.4, -0.2) is 4.40 Å². The summed E-state index contributed by atoms with van der Waals surface area (Å²) in [7, 11) is 0. The van der Waals surface area contributed by atoms with Gasteiger partial charge in [0.15, 0.2) is 5.52 Å². The first-order chi connectivity index (χ1) is 18.6. The molecule has 0 saturated heterocycles. The van der Waals surface area contributed by atoms with Gasteiger partial charge in [-0.2, -0.15) is 4.40 Å². The Balaban J connectivity index is 0.00000144. The van der Waals surface area contributed by atoms with Crippen molar-refractivity contribution in [2.24, 2.45) is 0 Å². The molecule has 188 valence electrons. The van der Waals surface area contributed by atoms with Crippen LogP contribution in [0.1, 0.15) is 30.5 Å². The molecule has 38 heavy (non-hydrogen) atoms. The minimum atomic E-state index is 1.17. The molecule has 0 bridgehead atoms. The number of aromatic nitrogens is 2. The third-order valence-electron chi connectivity index (χ3n) is 6.91. The van der Waals surface area contributed by atoms with Gasteiger partial charge in [-0.15, -0.1) is 0 Å². The third kappa shape index (κ3) is 4.90. The van der Waals surface area contributed by atoms with Gasteiger partial charge in [0.25, 0.3) is 6.33 Å². The lowest BCUT2D eigenvalue weighted by atomic mass is 9.95. The second kappa shape index (κ2) is 10.9. The molecule has 2 heteroatoms. The Morgan fingerprint density at radius 2 is 1.05 bits per heavy atom. The Kier molecular flexibility index (Phi) is 7.24. The molecule has 0 amide bonds. The molecule has 0 fully saturated rings. The van der Waals surface area contributed by atoms with Crippen molar-refractivity contribution in [3.05, 3.63) is 138 Å². The maximum atomic E-state index is 2.31. The molecule has 0 saturated carbocycles. The zero-order valence-electron chi connectivity index (χ0n) is 22.9. The van der Waals surface area contributed by atoms with Gasteiger partial charge in [-0.05, 0) is 84.5 Å². The number of benzene rings is 4. The van der Waals surface area contributed by atoms with E-state index in [2.05, 4.69) is 151 Å². The van der Waals surface area contributed by atoms with Gasteiger partial charge < -0.3 is 0 Å². The van der Waals surface area contributed by atoms with E-state index in [1.807, 2.05) is 13.8 Å². The SMILES string of the molecule is CC.Cc1cc(C)c(-[n+]2cc3cccc(-c4cc(-c5ccccc5)cc(-c5ccccc5)c4)n3c2)c(C)c1. The standard InChI is InChI=1S/C34H29N2.C2H6/c1-24-17-25(2)34(26(3)18-24)35-22-32-15-10-16-33(36(32)23-35)31-20-29(27-11-6-4-7-12-27)19-30(21-31)28-13-8-5-9-14-28;1-2/h4-23H,1-3H3;1-2H3/q+1;. The molecule has 0 N–H and O–H groups in total. The highest BCUT2D eigenvalue weighted by molar-refractivity contribution is 5.81. The molecule has 2 nitrogen and oxygen atoms in total. The molecule has 0 aliphatic rings. The minimum Gasteiger partial charge on any atom is -0.201 e. The Morgan fingerprint density at radius 3 is 1.61 bits per heavy atom. The Bertz CT molecular complexity index is 1610. The second-order valence-electron chi connectivity index (χ2n) is 9.64. The van der Waals surface area contributed by atoms with Crippen LogP contribution in [0, 0.1) is 20.8 Å². The van der Waals surface area contributed by atoms with Crippen LogP contribution in [-0.2, 0) is 0 Å². The van der Waals surface area contributed by atoms with Crippen LogP contribution >= 0.6 is 0 Å². The predicted molar refractivity (Wildman–Crippen MR) is 161 cm³/mol. The van der Waals surface area contributed by atoms with E-state index in [1.165, 1.54) is 61.4 Å². The Labute approximate surface area is 226 Å². The first kappa shape index (κ1) is 25.2. The summed E-state index contributed by atoms with van der Waals surface area (Å²) in [5.74, 6) is 0. The summed E-state index contributed by atoms with van der Waals surface area (Å²) in [5.41, 5.74) is 13.5. The maximum Gasteiger partial charge on any atom is 0.254 e. The lowest BCUT2D eigenvalue weighted by Gasteiger charge is -2.10. The summed E-state index contributed by atoms with van der Waals surface area (Å²) in [6, 6.07) is 39.3. The van der Waals surface area contributed by atoms with Gasteiger partial charge in [-0.25, -0.2) is 4.57 Å². The topological polar surface area (TPSA) is 8.29 Å². The average Bonchev–Trinajstić information content (AvgIpc) is 3.38. The fourth-order valence-corrected chi connectivity index (χ4v) is 5.38. The Hall–Kier alpha value is -4.43. The van der Waals surface area contributed by atoms with Crippen molar-refractivity contribution in [3.63, 3.8) is 0 Å². The van der Waals surface area contributed by atoms with E-state index in [4.69, 9.17) is 0 Å². The third-order valence-corrected chi connectivity index (χ3v) is 6.91. The lowest BCUT2D eigenvalue weighted by molar-refractivity contribution is -0.594. The summed E-state index contributed by atoms with van der Waals surface area (Å²) < 4.78 is 4.57. The number of rotatable bonds is 4. The maximum absolute atomic E-state index is 2.31. The van der Waals surface area contributed by atoms with E-state index < -0.39 is 0 Å². The predicted octanol–water partition coefficient (Wildman–Crippen LogP) is 9.17. The van der Waals surface area contributed by atoms with Gasteiger partial charge in [0.1, 0.15) is 17.6 Å². The van der Waals surface area contributed by atoms with E-state index in [0.29, 0.717) is 0 Å². The number of fused-ring (bicyclic) bond motifs is 1. The zero-order valence-corrected chi connectivity index (χ0v) is 22.9. The zero-order chi connectivity index (χ0) is 26.6.